The fourth-order valence-electron chi connectivity index (χ4n) is 15.6. The molecule has 15 rings (SSSR count). The van der Waals surface area contributed by atoms with Crippen molar-refractivity contribution in [3.8, 4) is 0 Å². The van der Waals surface area contributed by atoms with Gasteiger partial charge in [0.1, 0.15) is 5.84 Å². The zero-order valence-electron chi connectivity index (χ0n) is 42.5. The zero-order valence-corrected chi connectivity index (χ0v) is 42.5. The first-order chi connectivity index (χ1) is 36.6. The van der Waals surface area contributed by atoms with Gasteiger partial charge in [-0.3, -0.25) is 4.99 Å². The molecule has 2 heteroatoms. The predicted molar refractivity (Wildman–Crippen MR) is 309 cm³/mol. The standard InChI is InChI=1S/C72H64N2/c1-45-27-28-47-40-52(34-29-46(47)39-45)68-58-17-5-7-19-60(58)69(61-20-8-6-18-59(61)68)53-35-30-49-42-54(36-31-48(49)41-53)70-62-21-9-11-23-64(62)71(65-24-12-10-22-63(65)70)55-37-32-51-44-56(38-33-50(51)43-55)72-73-66-25-13-14-26-67(66)74(72)57-15-3-2-4-16-57/h2-5,7,9,11,13-17,19-39,42-43,51-53,58-59,64,66-68,71H,6,8,10,12,18,40-41,44H2,1H3. The Labute approximate surface area is 438 Å². The lowest BCUT2D eigenvalue weighted by Gasteiger charge is -2.48. The van der Waals surface area contributed by atoms with Crippen molar-refractivity contribution in [3.05, 3.63) is 284 Å². The second-order valence-corrected chi connectivity index (χ2v) is 22.9. The van der Waals surface area contributed by atoms with E-state index in [1.807, 2.05) is 0 Å². The average Bonchev–Trinajstić information content (AvgIpc) is 3.86. The van der Waals surface area contributed by atoms with E-state index in [0.717, 1.165) is 37.9 Å². The largest absolute Gasteiger partial charge is 0.317 e. The molecule has 0 bridgehead atoms. The summed E-state index contributed by atoms with van der Waals surface area (Å²) in [6, 6.07) is 25.8. The van der Waals surface area contributed by atoms with Gasteiger partial charge in [-0.2, -0.15) is 0 Å². The number of para-hydroxylation sites is 1. The third-order valence-corrected chi connectivity index (χ3v) is 18.8. The number of allylic oxidation sites excluding steroid dienone is 29. The Morgan fingerprint density at radius 3 is 2.31 bits per heavy atom. The van der Waals surface area contributed by atoms with Crippen LogP contribution in [0.25, 0.3) is 17.7 Å². The lowest BCUT2D eigenvalue weighted by molar-refractivity contribution is 0.214. The summed E-state index contributed by atoms with van der Waals surface area (Å²) in [6.07, 6.45) is 67.4. The van der Waals surface area contributed by atoms with E-state index in [1.54, 1.807) is 16.7 Å². The summed E-state index contributed by atoms with van der Waals surface area (Å²) in [5.74, 6) is 4.52. The van der Waals surface area contributed by atoms with Crippen LogP contribution in [0.15, 0.2) is 256 Å². The van der Waals surface area contributed by atoms with Crippen LogP contribution in [0.3, 0.4) is 0 Å². The number of benzene rings is 3. The number of rotatable bonds is 6. The Morgan fingerprint density at radius 1 is 0.595 bits per heavy atom. The van der Waals surface area contributed by atoms with Gasteiger partial charge in [0, 0.05) is 35.3 Å². The molecule has 0 saturated heterocycles. The molecule has 3 aromatic carbocycles. The Balaban J connectivity index is 0.734. The van der Waals surface area contributed by atoms with Gasteiger partial charge in [-0.15, -0.1) is 0 Å². The lowest BCUT2D eigenvalue weighted by Crippen LogP contribution is -2.39. The monoisotopic (exact) mass is 957 g/mol. The van der Waals surface area contributed by atoms with E-state index in [4.69, 9.17) is 4.99 Å². The van der Waals surface area contributed by atoms with Crippen molar-refractivity contribution >= 4 is 29.2 Å². The molecule has 12 aliphatic rings. The first kappa shape index (κ1) is 44.2. The number of amidine groups is 1. The van der Waals surface area contributed by atoms with Gasteiger partial charge in [-0.25, -0.2) is 0 Å². The lowest BCUT2D eigenvalue weighted by atomic mass is 9.56. The molecule has 0 radical (unpaired) electrons. The SMILES string of the molecule is Cc1ccc2c(c1)C=CC(C1C3C=CC=CC3=C(C3C=Cc4cc(C5=C6C=CC=CC6C(C6=CC7=CC=C(C8=NC9C=CC=CC9N8c8ccccc8)CC7C=C6)C6=CCCC=C65)ccc4C3)C3=CCCCC31)C2. The fourth-order valence-corrected chi connectivity index (χ4v) is 15.6. The van der Waals surface area contributed by atoms with E-state index in [0.29, 0.717) is 35.5 Å². The van der Waals surface area contributed by atoms with Gasteiger partial charge in [-0.1, -0.05) is 200 Å². The van der Waals surface area contributed by atoms with Crippen LogP contribution in [0.2, 0.25) is 0 Å². The van der Waals surface area contributed by atoms with Gasteiger partial charge in [0.15, 0.2) is 0 Å². The molecule has 3 aromatic rings. The van der Waals surface area contributed by atoms with Crippen LogP contribution in [-0.4, -0.2) is 17.9 Å². The highest BCUT2D eigenvalue weighted by molar-refractivity contribution is 6.12. The predicted octanol–water partition coefficient (Wildman–Crippen LogP) is 16.4. The van der Waals surface area contributed by atoms with Crippen molar-refractivity contribution in [3.63, 3.8) is 0 Å². The maximum Gasteiger partial charge on any atom is 0.132 e. The zero-order chi connectivity index (χ0) is 48.9. The second-order valence-electron chi connectivity index (χ2n) is 22.9. The Morgan fingerprint density at radius 2 is 1.38 bits per heavy atom. The fraction of sp³-hybridized carbons (Fsp3) is 0.264. The Kier molecular flexibility index (Phi) is 10.7. The molecule has 11 aliphatic carbocycles. The second kappa shape index (κ2) is 18.0. The molecule has 0 aromatic heterocycles. The number of nitrogens with zero attached hydrogens (tertiary/aromatic N) is 2. The smallest absolute Gasteiger partial charge is 0.132 e. The summed E-state index contributed by atoms with van der Waals surface area (Å²) in [4.78, 5) is 7.82. The van der Waals surface area contributed by atoms with Crippen LogP contribution < -0.4 is 4.90 Å². The Bertz CT molecular complexity index is 3510. The van der Waals surface area contributed by atoms with Gasteiger partial charge < -0.3 is 4.90 Å². The normalized spacial score (nSPS) is 31.4. The van der Waals surface area contributed by atoms with Crippen molar-refractivity contribution in [2.75, 3.05) is 4.90 Å². The molecular formula is C72H64N2. The van der Waals surface area contributed by atoms with Crippen molar-refractivity contribution in [1.82, 2.24) is 0 Å². The highest BCUT2D eigenvalue weighted by Crippen LogP contribution is 2.57. The number of hydrogen-bond acceptors (Lipinski definition) is 2. The van der Waals surface area contributed by atoms with Crippen LogP contribution in [0, 0.1) is 54.3 Å². The van der Waals surface area contributed by atoms with Crippen LogP contribution in [0.5, 0.6) is 0 Å². The Hall–Kier alpha value is -7.29. The molecule has 2 nitrogen and oxygen atoms in total. The topological polar surface area (TPSA) is 15.6 Å². The molecule has 0 fully saturated rings. The first-order valence-corrected chi connectivity index (χ1v) is 28.1. The number of aliphatic imine (C=N–C) groups is 1. The minimum atomic E-state index is 0.136. The van der Waals surface area contributed by atoms with Gasteiger partial charge >= 0.3 is 0 Å². The van der Waals surface area contributed by atoms with E-state index in [1.165, 1.54) is 97.3 Å². The van der Waals surface area contributed by atoms with E-state index in [9.17, 15) is 0 Å². The molecule has 0 saturated carbocycles. The number of anilines is 1. The number of aryl methyl sites for hydroxylation is 1. The molecule has 0 amide bonds. The quantitative estimate of drug-likeness (QED) is 0.240. The summed E-state index contributed by atoms with van der Waals surface area (Å²) in [5, 5.41) is 0. The van der Waals surface area contributed by atoms with Crippen LogP contribution in [0.4, 0.5) is 5.69 Å². The number of hydrogen-bond donors (Lipinski definition) is 0. The van der Waals surface area contributed by atoms with E-state index < -0.39 is 0 Å². The molecule has 1 heterocycles. The highest BCUT2D eigenvalue weighted by atomic mass is 15.3. The summed E-state index contributed by atoms with van der Waals surface area (Å²) in [6.45, 7) is 2.22. The molecule has 1 aliphatic heterocycles. The minimum absolute atomic E-state index is 0.136. The van der Waals surface area contributed by atoms with Crippen LogP contribution in [-0.2, 0) is 12.8 Å². The summed E-state index contributed by atoms with van der Waals surface area (Å²) in [5.41, 5.74) is 24.6. The summed E-state index contributed by atoms with van der Waals surface area (Å²) in [7, 11) is 0. The van der Waals surface area contributed by atoms with Crippen molar-refractivity contribution in [2.24, 2.45) is 52.3 Å². The summed E-state index contributed by atoms with van der Waals surface area (Å²) < 4.78 is 0. The molecule has 10 unspecified atom stereocenters. The maximum atomic E-state index is 5.36. The van der Waals surface area contributed by atoms with Gasteiger partial charge in [-0.05, 0) is 178 Å². The maximum absolute atomic E-state index is 5.36. The first-order valence-electron chi connectivity index (χ1n) is 28.1. The number of fused-ring (bicyclic) bond motifs is 8. The van der Waals surface area contributed by atoms with E-state index >= 15 is 0 Å². The third-order valence-electron chi connectivity index (χ3n) is 18.8. The molecular weight excluding hydrogens is 893 g/mol. The van der Waals surface area contributed by atoms with Crippen molar-refractivity contribution < 1.29 is 0 Å². The molecule has 10 atom stereocenters. The van der Waals surface area contributed by atoms with Gasteiger partial charge in [0.25, 0.3) is 0 Å². The highest BCUT2D eigenvalue weighted by Gasteiger charge is 2.46. The minimum Gasteiger partial charge on any atom is -0.317 e. The van der Waals surface area contributed by atoms with Crippen LogP contribution in [0.1, 0.15) is 71.9 Å². The summed E-state index contributed by atoms with van der Waals surface area (Å²) >= 11 is 0. The van der Waals surface area contributed by atoms with Gasteiger partial charge in [0.2, 0.25) is 0 Å². The van der Waals surface area contributed by atoms with E-state index in [-0.39, 0.29) is 23.9 Å². The van der Waals surface area contributed by atoms with Crippen molar-refractivity contribution in [2.45, 2.75) is 70.4 Å². The van der Waals surface area contributed by atoms with Crippen molar-refractivity contribution in [1.29, 1.82) is 0 Å². The van der Waals surface area contributed by atoms with Gasteiger partial charge in [0.05, 0.1) is 12.1 Å². The average molecular weight is 957 g/mol. The molecule has 362 valence electrons. The molecule has 0 spiro atoms. The van der Waals surface area contributed by atoms with Crippen LogP contribution >= 0.6 is 0 Å². The molecule has 74 heavy (non-hydrogen) atoms. The molecule has 0 N–H and O–H groups in total. The van der Waals surface area contributed by atoms with E-state index in [2.05, 4.69) is 224 Å². The third kappa shape index (κ3) is 7.30.